The van der Waals surface area contributed by atoms with E-state index in [1.54, 1.807) is 12.1 Å². The standard InChI is InChI=1S/C19H19NO3/c1-2-14-13-23-19(16-6-4-3-5-7-16)12-18(14)15-8-10-17(11-9-15)20(21)22/h3-12,14,18H,2,13H2,1H3/t14-,18-/m1/s1. The Bertz CT molecular complexity index is 707. The molecule has 2 aromatic rings. The van der Waals surface area contributed by atoms with Crippen molar-refractivity contribution in [3.05, 3.63) is 81.9 Å². The molecule has 1 aliphatic rings. The van der Waals surface area contributed by atoms with Crippen molar-refractivity contribution in [3.8, 4) is 0 Å². The quantitative estimate of drug-likeness (QED) is 0.603. The molecule has 0 bridgehead atoms. The molecule has 118 valence electrons. The van der Waals surface area contributed by atoms with E-state index in [0.717, 1.165) is 23.3 Å². The third-order valence-electron chi connectivity index (χ3n) is 4.36. The van der Waals surface area contributed by atoms with Crippen molar-refractivity contribution >= 4 is 11.4 Å². The Morgan fingerprint density at radius 1 is 1.13 bits per heavy atom. The van der Waals surface area contributed by atoms with E-state index in [1.165, 1.54) is 0 Å². The van der Waals surface area contributed by atoms with Gasteiger partial charge in [0.1, 0.15) is 5.76 Å². The first-order valence-corrected chi connectivity index (χ1v) is 7.83. The van der Waals surface area contributed by atoms with Gasteiger partial charge in [-0.25, -0.2) is 0 Å². The van der Waals surface area contributed by atoms with Crippen LogP contribution in [-0.4, -0.2) is 11.5 Å². The van der Waals surface area contributed by atoms with Crippen molar-refractivity contribution < 1.29 is 9.66 Å². The molecule has 1 aliphatic heterocycles. The van der Waals surface area contributed by atoms with Crippen LogP contribution < -0.4 is 0 Å². The van der Waals surface area contributed by atoms with E-state index < -0.39 is 0 Å². The van der Waals surface area contributed by atoms with Crippen molar-refractivity contribution in [2.75, 3.05) is 6.61 Å². The highest BCUT2D eigenvalue weighted by molar-refractivity contribution is 5.62. The molecule has 0 saturated heterocycles. The molecule has 0 radical (unpaired) electrons. The molecular formula is C19H19NO3. The lowest BCUT2D eigenvalue weighted by atomic mass is 9.82. The number of allylic oxidation sites excluding steroid dienone is 1. The molecule has 1 heterocycles. The van der Waals surface area contributed by atoms with E-state index >= 15 is 0 Å². The normalized spacial score (nSPS) is 20.5. The Balaban J connectivity index is 1.94. The van der Waals surface area contributed by atoms with Gasteiger partial charge in [0.2, 0.25) is 0 Å². The zero-order valence-corrected chi connectivity index (χ0v) is 13.0. The molecule has 0 N–H and O–H groups in total. The SMILES string of the molecule is CC[C@@H]1COC(c2ccccc2)=C[C@H]1c1ccc([N+](=O)[O-])cc1. The van der Waals surface area contributed by atoms with Crippen LogP contribution in [0.3, 0.4) is 0 Å². The second-order valence-electron chi connectivity index (χ2n) is 5.75. The first-order valence-electron chi connectivity index (χ1n) is 7.83. The van der Waals surface area contributed by atoms with Gasteiger partial charge in [-0.3, -0.25) is 10.1 Å². The van der Waals surface area contributed by atoms with Crippen LogP contribution in [0.2, 0.25) is 0 Å². The number of nitro benzene ring substituents is 1. The Morgan fingerprint density at radius 3 is 2.43 bits per heavy atom. The van der Waals surface area contributed by atoms with Crippen LogP contribution in [-0.2, 0) is 4.74 Å². The number of nitrogens with zero attached hydrogens (tertiary/aromatic N) is 1. The van der Waals surface area contributed by atoms with Crippen molar-refractivity contribution in [2.24, 2.45) is 5.92 Å². The molecule has 0 amide bonds. The summed E-state index contributed by atoms with van der Waals surface area (Å²) in [5.74, 6) is 1.48. The maximum atomic E-state index is 10.8. The van der Waals surface area contributed by atoms with E-state index in [4.69, 9.17) is 4.74 Å². The summed E-state index contributed by atoms with van der Waals surface area (Å²) in [6, 6.07) is 16.9. The molecule has 0 aromatic heterocycles. The van der Waals surface area contributed by atoms with E-state index in [9.17, 15) is 10.1 Å². The number of nitro groups is 1. The zero-order chi connectivity index (χ0) is 16.2. The minimum absolute atomic E-state index is 0.126. The highest BCUT2D eigenvalue weighted by Gasteiger charge is 2.27. The molecule has 0 fully saturated rings. The highest BCUT2D eigenvalue weighted by atomic mass is 16.6. The smallest absolute Gasteiger partial charge is 0.269 e. The Hall–Kier alpha value is -2.62. The summed E-state index contributed by atoms with van der Waals surface area (Å²) in [7, 11) is 0. The molecule has 3 rings (SSSR count). The molecule has 0 spiro atoms. The van der Waals surface area contributed by atoms with Gasteiger partial charge in [0.15, 0.2) is 0 Å². The van der Waals surface area contributed by atoms with E-state index in [1.807, 2.05) is 42.5 Å². The van der Waals surface area contributed by atoms with Crippen molar-refractivity contribution in [2.45, 2.75) is 19.3 Å². The van der Waals surface area contributed by atoms with Crippen LogP contribution in [0.4, 0.5) is 5.69 Å². The number of hydrogen-bond donors (Lipinski definition) is 0. The van der Waals surface area contributed by atoms with Crippen LogP contribution in [0.1, 0.15) is 30.4 Å². The van der Waals surface area contributed by atoms with E-state index in [0.29, 0.717) is 12.5 Å². The van der Waals surface area contributed by atoms with Crippen molar-refractivity contribution in [1.82, 2.24) is 0 Å². The van der Waals surface area contributed by atoms with Crippen LogP contribution in [0.15, 0.2) is 60.7 Å². The molecule has 4 nitrogen and oxygen atoms in total. The topological polar surface area (TPSA) is 52.4 Å². The van der Waals surface area contributed by atoms with Crippen molar-refractivity contribution in [3.63, 3.8) is 0 Å². The highest BCUT2D eigenvalue weighted by Crippen LogP contribution is 2.37. The van der Waals surface area contributed by atoms with Gasteiger partial charge in [0.05, 0.1) is 11.5 Å². The van der Waals surface area contributed by atoms with E-state index in [2.05, 4.69) is 13.0 Å². The third-order valence-corrected chi connectivity index (χ3v) is 4.36. The fourth-order valence-electron chi connectivity index (χ4n) is 2.99. The average molecular weight is 309 g/mol. The summed E-state index contributed by atoms with van der Waals surface area (Å²) in [5, 5.41) is 10.8. The molecular weight excluding hydrogens is 290 g/mol. The van der Waals surface area contributed by atoms with Crippen LogP contribution >= 0.6 is 0 Å². The molecule has 0 aliphatic carbocycles. The lowest BCUT2D eigenvalue weighted by Crippen LogP contribution is -2.21. The maximum Gasteiger partial charge on any atom is 0.269 e. The summed E-state index contributed by atoms with van der Waals surface area (Å²) in [6.45, 7) is 2.81. The Morgan fingerprint density at radius 2 is 1.83 bits per heavy atom. The van der Waals surface area contributed by atoms with E-state index in [-0.39, 0.29) is 16.5 Å². The lowest BCUT2D eigenvalue weighted by Gasteiger charge is -2.30. The van der Waals surface area contributed by atoms with Gasteiger partial charge in [0.25, 0.3) is 5.69 Å². The Labute approximate surface area is 135 Å². The number of non-ortho nitro benzene ring substituents is 1. The fourth-order valence-corrected chi connectivity index (χ4v) is 2.99. The van der Waals surface area contributed by atoms with Gasteiger partial charge in [0, 0.05) is 29.5 Å². The first kappa shape index (κ1) is 15.3. The molecule has 4 heteroatoms. The summed E-state index contributed by atoms with van der Waals surface area (Å²) in [5.41, 5.74) is 2.29. The molecule has 2 aromatic carbocycles. The second-order valence-corrected chi connectivity index (χ2v) is 5.75. The zero-order valence-electron chi connectivity index (χ0n) is 13.0. The van der Waals surface area contributed by atoms with Crippen LogP contribution in [0.5, 0.6) is 0 Å². The first-order chi connectivity index (χ1) is 11.2. The largest absolute Gasteiger partial charge is 0.493 e. The molecule has 2 atom stereocenters. The minimum atomic E-state index is -0.365. The summed E-state index contributed by atoms with van der Waals surface area (Å²) >= 11 is 0. The van der Waals surface area contributed by atoms with Gasteiger partial charge < -0.3 is 4.74 Å². The third kappa shape index (κ3) is 3.26. The van der Waals surface area contributed by atoms with Crippen LogP contribution in [0.25, 0.3) is 5.76 Å². The van der Waals surface area contributed by atoms with Crippen molar-refractivity contribution in [1.29, 1.82) is 0 Å². The van der Waals surface area contributed by atoms with Crippen LogP contribution in [0, 0.1) is 16.0 Å². The van der Waals surface area contributed by atoms with Gasteiger partial charge in [-0.1, -0.05) is 49.4 Å². The number of ether oxygens (including phenoxy) is 1. The van der Waals surface area contributed by atoms with Gasteiger partial charge in [-0.15, -0.1) is 0 Å². The maximum absolute atomic E-state index is 10.8. The molecule has 23 heavy (non-hydrogen) atoms. The van der Waals surface area contributed by atoms with Gasteiger partial charge in [-0.05, 0) is 18.1 Å². The predicted molar refractivity (Wildman–Crippen MR) is 90.0 cm³/mol. The Kier molecular flexibility index (Phi) is 4.42. The fraction of sp³-hybridized carbons (Fsp3) is 0.263. The summed E-state index contributed by atoms with van der Waals surface area (Å²) in [6.07, 6.45) is 3.15. The van der Waals surface area contributed by atoms with Gasteiger partial charge in [-0.2, -0.15) is 0 Å². The predicted octanol–water partition coefficient (Wildman–Crippen LogP) is 4.78. The lowest BCUT2D eigenvalue weighted by molar-refractivity contribution is -0.384. The summed E-state index contributed by atoms with van der Waals surface area (Å²) in [4.78, 5) is 10.5. The second kappa shape index (κ2) is 6.65. The number of rotatable bonds is 4. The monoisotopic (exact) mass is 309 g/mol. The average Bonchev–Trinajstić information content (AvgIpc) is 2.62. The number of hydrogen-bond acceptors (Lipinski definition) is 3. The number of benzene rings is 2. The molecule has 0 unspecified atom stereocenters. The minimum Gasteiger partial charge on any atom is -0.493 e. The van der Waals surface area contributed by atoms with Gasteiger partial charge >= 0.3 is 0 Å². The molecule has 0 saturated carbocycles. The summed E-state index contributed by atoms with van der Waals surface area (Å²) < 4.78 is 5.93.